The van der Waals surface area contributed by atoms with Crippen molar-refractivity contribution in [2.24, 2.45) is 11.8 Å². The highest BCUT2D eigenvalue weighted by Crippen LogP contribution is 2.54. The van der Waals surface area contributed by atoms with Gasteiger partial charge in [-0.1, -0.05) is 43.5 Å². The van der Waals surface area contributed by atoms with Gasteiger partial charge in [0.15, 0.2) is 5.78 Å². The van der Waals surface area contributed by atoms with Crippen LogP contribution in [0.15, 0.2) is 48.7 Å². The number of rotatable bonds is 5. The summed E-state index contributed by atoms with van der Waals surface area (Å²) >= 11 is 0. The van der Waals surface area contributed by atoms with E-state index in [4.69, 9.17) is 9.47 Å². The van der Waals surface area contributed by atoms with E-state index in [1.807, 2.05) is 41.4 Å². The molecule has 2 amide bonds. The number of hydrogen-bond donors (Lipinski definition) is 0. The second kappa shape index (κ2) is 8.80. The summed E-state index contributed by atoms with van der Waals surface area (Å²) < 4.78 is 10.9. The molecule has 1 aliphatic carbocycles. The lowest BCUT2D eigenvalue weighted by Gasteiger charge is -2.37. The molecule has 3 fully saturated rings. The van der Waals surface area contributed by atoms with Gasteiger partial charge in [-0.3, -0.25) is 19.3 Å². The molecule has 2 saturated heterocycles. The molecule has 36 heavy (non-hydrogen) atoms. The Labute approximate surface area is 210 Å². The van der Waals surface area contributed by atoms with Crippen molar-refractivity contribution in [2.45, 2.75) is 50.2 Å². The number of ether oxygens (including phenoxy) is 2. The molecule has 7 nitrogen and oxygen atoms in total. The second-order valence-corrected chi connectivity index (χ2v) is 10.1. The number of fused-ring (bicyclic) bond motifs is 5. The fourth-order valence-corrected chi connectivity index (χ4v) is 6.75. The van der Waals surface area contributed by atoms with Crippen molar-refractivity contribution in [3.63, 3.8) is 0 Å². The third kappa shape index (κ3) is 3.29. The molecule has 0 radical (unpaired) electrons. The first-order chi connectivity index (χ1) is 17.5. The molecule has 0 unspecified atom stereocenters. The minimum absolute atomic E-state index is 0.0747. The molecule has 3 heterocycles. The number of likely N-dealkylation sites (tertiary alicyclic amines) is 1. The van der Waals surface area contributed by atoms with Crippen LogP contribution < -0.4 is 9.47 Å². The minimum Gasteiger partial charge on any atom is -0.497 e. The maximum absolute atomic E-state index is 14.2. The van der Waals surface area contributed by atoms with Crippen LogP contribution in [0.3, 0.4) is 0 Å². The normalized spacial score (nSPS) is 27.1. The number of methoxy groups -OCH3 is 2. The summed E-state index contributed by atoms with van der Waals surface area (Å²) in [5.41, 5.74) is 2.35. The first-order valence-corrected chi connectivity index (χ1v) is 12.7. The van der Waals surface area contributed by atoms with Gasteiger partial charge in [0.25, 0.3) is 0 Å². The lowest BCUT2D eigenvalue weighted by Crippen LogP contribution is -2.47. The van der Waals surface area contributed by atoms with Gasteiger partial charge < -0.3 is 14.4 Å². The summed E-state index contributed by atoms with van der Waals surface area (Å²) in [6.45, 7) is 0. The van der Waals surface area contributed by atoms with Gasteiger partial charge in [0, 0.05) is 12.2 Å². The maximum Gasteiger partial charge on any atom is 0.236 e. The highest BCUT2D eigenvalue weighted by atomic mass is 16.5. The Morgan fingerprint density at radius 3 is 2.42 bits per heavy atom. The number of ketones is 1. The molecule has 0 N–H and O–H groups in total. The predicted octanol–water partition coefficient (Wildman–Crippen LogP) is 4.23. The molecule has 0 aromatic heterocycles. The van der Waals surface area contributed by atoms with E-state index >= 15 is 0 Å². The topological polar surface area (TPSA) is 76.1 Å². The molecule has 7 heteroatoms. The van der Waals surface area contributed by atoms with Gasteiger partial charge in [0.1, 0.15) is 17.5 Å². The zero-order chi connectivity index (χ0) is 25.0. The zero-order valence-corrected chi connectivity index (χ0v) is 20.6. The van der Waals surface area contributed by atoms with Gasteiger partial charge in [-0.15, -0.1) is 0 Å². The first-order valence-electron chi connectivity index (χ1n) is 12.7. The lowest BCUT2D eigenvalue weighted by molar-refractivity contribution is -0.144. The minimum atomic E-state index is -0.810. The number of amides is 2. The van der Waals surface area contributed by atoms with E-state index in [-0.39, 0.29) is 29.7 Å². The number of carbonyl (C=O) groups excluding carboxylic acids is 3. The Morgan fingerprint density at radius 2 is 1.67 bits per heavy atom. The van der Waals surface area contributed by atoms with Crippen molar-refractivity contribution in [1.82, 2.24) is 9.80 Å². The Hall–Kier alpha value is -3.61. The van der Waals surface area contributed by atoms with E-state index in [1.165, 1.54) is 12.0 Å². The molecule has 0 bridgehead atoms. The molecule has 1 saturated carbocycles. The number of Topliss-reactive ketones (excluding diaryl/α,β-unsaturated/α-hetero) is 1. The van der Waals surface area contributed by atoms with Crippen LogP contribution in [0.5, 0.6) is 11.5 Å². The average Bonchev–Trinajstić information content (AvgIpc) is 3.40. The van der Waals surface area contributed by atoms with Gasteiger partial charge in [-0.2, -0.15) is 0 Å². The number of hydrogen-bond acceptors (Lipinski definition) is 6. The largest absolute Gasteiger partial charge is 0.497 e. The Kier molecular flexibility index (Phi) is 5.58. The fraction of sp³-hybridized carbons (Fsp3) is 0.414. The molecular formula is C29H30N2O5. The van der Waals surface area contributed by atoms with Crippen LogP contribution in [0.25, 0.3) is 6.08 Å². The highest BCUT2D eigenvalue weighted by molar-refractivity contribution is 6.13. The number of carbonyl (C=O) groups is 3. The third-order valence-electron chi connectivity index (χ3n) is 8.38. The van der Waals surface area contributed by atoms with Crippen molar-refractivity contribution in [3.8, 4) is 11.5 Å². The lowest BCUT2D eigenvalue weighted by atomic mass is 9.83. The quantitative estimate of drug-likeness (QED) is 0.465. The van der Waals surface area contributed by atoms with E-state index in [1.54, 1.807) is 25.3 Å². The Morgan fingerprint density at radius 1 is 0.917 bits per heavy atom. The Balaban J connectivity index is 1.48. The standard InChI is InChI=1S/C29H30N2O5/c1-35-19-12-13-22(36-2)21(16-19)27(32)26-24-23(25-20-11-7-6-8-17(20)14-15-30(25)26)28(33)31(29(24)34)18-9-4-3-5-10-18/h6-8,11-16,18,23-26H,3-5,9-10H2,1-2H3/t23-,24+,25+,26+/m0/s1. The summed E-state index contributed by atoms with van der Waals surface area (Å²) in [4.78, 5) is 45.7. The molecule has 186 valence electrons. The fourth-order valence-electron chi connectivity index (χ4n) is 6.75. The Bertz CT molecular complexity index is 1260. The molecule has 3 aliphatic heterocycles. The van der Waals surface area contributed by atoms with Gasteiger partial charge in [0.05, 0.1) is 37.7 Å². The average molecular weight is 487 g/mol. The van der Waals surface area contributed by atoms with E-state index in [0.29, 0.717) is 17.1 Å². The molecule has 4 atom stereocenters. The van der Waals surface area contributed by atoms with Crippen LogP contribution in [0.4, 0.5) is 0 Å². The monoisotopic (exact) mass is 486 g/mol. The van der Waals surface area contributed by atoms with Crippen LogP contribution in [0.1, 0.15) is 59.6 Å². The summed E-state index contributed by atoms with van der Waals surface area (Å²) in [6, 6.07) is 11.8. The third-order valence-corrected chi connectivity index (χ3v) is 8.38. The SMILES string of the molecule is COc1ccc(OC)c(C(=O)[C@H]2[C@@H]3C(=O)N(C4CCCCC4)C(=O)[C@@H]3[C@H]3c4ccccc4C=CN32)c1. The van der Waals surface area contributed by atoms with Crippen molar-refractivity contribution >= 4 is 23.7 Å². The van der Waals surface area contributed by atoms with Gasteiger partial charge in [0.2, 0.25) is 11.8 Å². The van der Waals surface area contributed by atoms with Crippen molar-refractivity contribution in [1.29, 1.82) is 0 Å². The van der Waals surface area contributed by atoms with Crippen molar-refractivity contribution in [2.75, 3.05) is 14.2 Å². The summed E-state index contributed by atoms with van der Waals surface area (Å²) in [6.07, 6.45) is 8.68. The molecule has 6 rings (SSSR count). The second-order valence-electron chi connectivity index (χ2n) is 10.1. The summed E-state index contributed by atoms with van der Waals surface area (Å²) in [5, 5.41) is 0. The van der Waals surface area contributed by atoms with Gasteiger partial charge >= 0.3 is 0 Å². The predicted molar refractivity (Wildman–Crippen MR) is 133 cm³/mol. The number of imide groups is 1. The van der Waals surface area contributed by atoms with Crippen molar-refractivity contribution < 1.29 is 23.9 Å². The van der Waals surface area contributed by atoms with Crippen LogP contribution in [0, 0.1) is 11.8 Å². The summed E-state index contributed by atoms with van der Waals surface area (Å²) in [5.74, 6) is -0.980. The molecule has 0 spiro atoms. The van der Waals surface area contributed by atoms with Crippen LogP contribution in [0.2, 0.25) is 0 Å². The van der Waals surface area contributed by atoms with Crippen LogP contribution >= 0.6 is 0 Å². The van der Waals surface area contributed by atoms with Gasteiger partial charge in [-0.05, 0) is 48.2 Å². The molecule has 2 aromatic rings. The molecule has 4 aliphatic rings. The first kappa shape index (κ1) is 22.8. The van der Waals surface area contributed by atoms with Crippen LogP contribution in [-0.2, 0) is 9.59 Å². The van der Waals surface area contributed by atoms with E-state index < -0.39 is 17.9 Å². The van der Waals surface area contributed by atoms with E-state index in [9.17, 15) is 14.4 Å². The molecule has 2 aromatic carbocycles. The van der Waals surface area contributed by atoms with E-state index in [0.717, 1.165) is 43.2 Å². The van der Waals surface area contributed by atoms with Crippen molar-refractivity contribution in [3.05, 3.63) is 65.4 Å². The smallest absolute Gasteiger partial charge is 0.236 e. The van der Waals surface area contributed by atoms with Gasteiger partial charge in [-0.25, -0.2) is 0 Å². The molecular weight excluding hydrogens is 456 g/mol. The maximum atomic E-state index is 14.2. The summed E-state index contributed by atoms with van der Waals surface area (Å²) in [7, 11) is 3.06. The highest BCUT2D eigenvalue weighted by Gasteiger charge is 2.65. The number of benzene rings is 2. The zero-order valence-electron chi connectivity index (χ0n) is 20.6. The number of nitrogens with zero attached hydrogens (tertiary/aromatic N) is 2. The van der Waals surface area contributed by atoms with E-state index in [2.05, 4.69) is 0 Å². The van der Waals surface area contributed by atoms with Crippen LogP contribution in [-0.4, -0.2) is 53.7 Å².